The highest BCUT2D eigenvalue weighted by Gasteiger charge is 2.39. The maximum absolute atomic E-state index is 11.8. The van der Waals surface area contributed by atoms with Crippen LogP contribution in [-0.2, 0) is 9.53 Å². The second-order valence-corrected chi connectivity index (χ2v) is 5.83. The molecule has 21 heavy (non-hydrogen) atoms. The van der Waals surface area contributed by atoms with Gasteiger partial charge in [-0.05, 0) is 37.1 Å². The summed E-state index contributed by atoms with van der Waals surface area (Å²) in [6.45, 7) is 4.44. The fourth-order valence-corrected chi connectivity index (χ4v) is 2.38. The van der Waals surface area contributed by atoms with Crippen molar-refractivity contribution in [3.63, 3.8) is 0 Å². The Morgan fingerprint density at radius 1 is 1.62 bits per heavy atom. The minimum Gasteiger partial charge on any atom is -0.385 e. The van der Waals surface area contributed by atoms with Gasteiger partial charge in [-0.15, -0.1) is 0 Å². The number of ether oxygens (including phenoxy) is 1. The molecule has 0 radical (unpaired) electrons. The molecule has 0 spiro atoms. The number of hydrogen-bond acceptors (Lipinski definition) is 3. The summed E-state index contributed by atoms with van der Waals surface area (Å²) in [6, 6.07) is 5.60. The Kier molecular flexibility index (Phi) is 5.04. The van der Waals surface area contributed by atoms with E-state index in [0.29, 0.717) is 18.1 Å². The Morgan fingerprint density at radius 2 is 2.38 bits per heavy atom. The van der Waals surface area contributed by atoms with E-state index in [0.717, 1.165) is 11.1 Å². The fraction of sp³-hybridized carbons (Fsp3) is 0.438. The number of aliphatic hydroxyl groups is 1. The molecule has 0 aromatic heterocycles. The molecule has 1 saturated heterocycles. The number of nitrogens with one attached hydrogen (secondary N) is 1. The molecule has 1 aliphatic rings. The van der Waals surface area contributed by atoms with Crippen molar-refractivity contribution in [2.45, 2.75) is 32.0 Å². The van der Waals surface area contributed by atoms with Gasteiger partial charge in [-0.1, -0.05) is 23.7 Å². The molecule has 2 atom stereocenters. The Balaban J connectivity index is 1.89. The molecule has 1 aromatic rings. The predicted molar refractivity (Wildman–Crippen MR) is 83.2 cm³/mol. The van der Waals surface area contributed by atoms with Gasteiger partial charge in [0.2, 0.25) is 5.91 Å². The number of carbonyl (C=O) groups excluding carboxylic acids is 1. The topological polar surface area (TPSA) is 58.6 Å². The molecule has 2 rings (SSSR count). The second kappa shape index (κ2) is 6.60. The molecule has 0 aliphatic carbocycles. The van der Waals surface area contributed by atoms with Crippen molar-refractivity contribution >= 4 is 23.6 Å². The first-order valence-electron chi connectivity index (χ1n) is 6.97. The summed E-state index contributed by atoms with van der Waals surface area (Å²) in [5.74, 6) is -0.251. The minimum absolute atomic E-state index is 0.187. The van der Waals surface area contributed by atoms with Crippen LogP contribution in [0.15, 0.2) is 24.3 Å². The van der Waals surface area contributed by atoms with Crippen molar-refractivity contribution in [2.24, 2.45) is 0 Å². The third-order valence-electron chi connectivity index (χ3n) is 3.85. The lowest BCUT2D eigenvalue weighted by Gasteiger charge is -2.25. The van der Waals surface area contributed by atoms with E-state index in [-0.39, 0.29) is 18.6 Å². The number of hydrogen-bond donors (Lipinski definition) is 2. The van der Waals surface area contributed by atoms with Gasteiger partial charge in [-0.3, -0.25) is 4.79 Å². The maximum Gasteiger partial charge on any atom is 0.244 e. The first-order valence-corrected chi connectivity index (χ1v) is 7.34. The van der Waals surface area contributed by atoms with Gasteiger partial charge in [0.05, 0.1) is 6.10 Å². The van der Waals surface area contributed by atoms with Crippen molar-refractivity contribution in [3.05, 3.63) is 40.4 Å². The smallest absolute Gasteiger partial charge is 0.244 e. The summed E-state index contributed by atoms with van der Waals surface area (Å²) in [5.41, 5.74) is 0.879. The van der Waals surface area contributed by atoms with Crippen molar-refractivity contribution < 1.29 is 14.6 Å². The standard InChI is InChI=1S/C16H20ClNO3/c1-11-3-4-13(9-14(11)17)5-6-15(19)18-10-16(20)7-8-21-12(16)2/h3-6,9,12,20H,7-8,10H2,1-2H3,(H,18,19)/b6-5+. The third kappa shape index (κ3) is 4.06. The molecule has 2 N–H and O–H groups in total. The molecule has 0 bridgehead atoms. The largest absolute Gasteiger partial charge is 0.385 e. The number of amides is 1. The molecule has 0 saturated carbocycles. The fourth-order valence-electron chi connectivity index (χ4n) is 2.19. The molecule has 5 heteroatoms. The Bertz CT molecular complexity index is 558. The van der Waals surface area contributed by atoms with Gasteiger partial charge < -0.3 is 15.2 Å². The third-order valence-corrected chi connectivity index (χ3v) is 4.26. The number of halogens is 1. The number of benzene rings is 1. The van der Waals surface area contributed by atoms with Crippen molar-refractivity contribution in [1.29, 1.82) is 0 Å². The predicted octanol–water partition coefficient (Wildman–Crippen LogP) is 2.32. The lowest BCUT2D eigenvalue weighted by atomic mass is 9.97. The molecular weight excluding hydrogens is 290 g/mol. The van der Waals surface area contributed by atoms with E-state index in [4.69, 9.17) is 16.3 Å². The van der Waals surface area contributed by atoms with Crippen LogP contribution in [-0.4, -0.2) is 35.9 Å². The van der Waals surface area contributed by atoms with Crippen molar-refractivity contribution in [3.8, 4) is 0 Å². The van der Waals surface area contributed by atoms with E-state index in [1.54, 1.807) is 12.1 Å². The highest BCUT2D eigenvalue weighted by Crippen LogP contribution is 2.24. The molecule has 1 aliphatic heterocycles. The highest BCUT2D eigenvalue weighted by molar-refractivity contribution is 6.31. The summed E-state index contributed by atoms with van der Waals surface area (Å²) in [4.78, 5) is 11.8. The normalized spacial score (nSPS) is 25.4. The maximum atomic E-state index is 11.8. The first kappa shape index (κ1) is 16.0. The van der Waals surface area contributed by atoms with Crippen LogP contribution in [0.25, 0.3) is 6.08 Å². The van der Waals surface area contributed by atoms with E-state index < -0.39 is 5.60 Å². The van der Waals surface area contributed by atoms with E-state index in [9.17, 15) is 9.90 Å². The molecule has 2 unspecified atom stereocenters. The van der Waals surface area contributed by atoms with Crippen LogP contribution in [0.1, 0.15) is 24.5 Å². The average Bonchev–Trinajstić information content (AvgIpc) is 2.78. The lowest BCUT2D eigenvalue weighted by molar-refractivity contribution is -0.118. The minimum atomic E-state index is -0.976. The van der Waals surface area contributed by atoms with Gasteiger partial charge in [0.1, 0.15) is 5.60 Å². The summed E-state index contributed by atoms with van der Waals surface area (Å²) < 4.78 is 5.32. The Labute approximate surface area is 129 Å². The van der Waals surface area contributed by atoms with Crippen LogP contribution in [0, 0.1) is 6.92 Å². The van der Waals surface area contributed by atoms with Crippen LogP contribution in [0.5, 0.6) is 0 Å². The zero-order chi connectivity index (χ0) is 15.5. The van der Waals surface area contributed by atoms with E-state index in [1.807, 2.05) is 26.0 Å². The monoisotopic (exact) mass is 309 g/mol. The van der Waals surface area contributed by atoms with E-state index >= 15 is 0 Å². The van der Waals surface area contributed by atoms with Crippen LogP contribution in [0.4, 0.5) is 0 Å². The number of rotatable bonds is 4. The van der Waals surface area contributed by atoms with Crippen molar-refractivity contribution in [2.75, 3.05) is 13.2 Å². The van der Waals surface area contributed by atoms with Gasteiger partial charge in [-0.2, -0.15) is 0 Å². The van der Waals surface area contributed by atoms with Crippen LogP contribution >= 0.6 is 11.6 Å². The van der Waals surface area contributed by atoms with Crippen LogP contribution in [0.3, 0.4) is 0 Å². The van der Waals surface area contributed by atoms with Gasteiger partial charge in [0.25, 0.3) is 0 Å². The van der Waals surface area contributed by atoms with Crippen LogP contribution in [0.2, 0.25) is 5.02 Å². The first-order chi connectivity index (χ1) is 9.90. The highest BCUT2D eigenvalue weighted by atomic mass is 35.5. The summed E-state index contributed by atoms with van der Waals surface area (Å²) in [7, 11) is 0. The number of carbonyl (C=O) groups is 1. The molecule has 1 fully saturated rings. The summed E-state index contributed by atoms with van der Waals surface area (Å²) >= 11 is 6.03. The molecule has 1 aromatic carbocycles. The summed E-state index contributed by atoms with van der Waals surface area (Å²) in [5, 5.41) is 13.7. The molecule has 1 amide bonds. The van der Waals surface area contributed by atoms with Crippen molar-refractivity contribution in [1.82, 2.24) is 5.32 Å². The molecule has 4 nitrogen and oxygen atoms in total. The van der Waals surface area contributed by atoms with Crippen LogP contribution < -0.4 is 5.32 Å². The Hall–Kier alpha value is -1.36. The van der Waals surface area contributed by atoms with E-state index in [2.05, 4.69) is 5.32 Å². The van der Waals surface area contributed by atoms with Gasteiger partial charge in [0, 0.05) is 30.7 Å². The summed E-state index contributed by atoms with van der Waals surface area (Å²) in [6.07, 6.45) is 3.40. The quantitative estimate of drug-likeness (QED) is 0.839. The van der Waals surface area contributed by atoms with Gasteiger partial charge in [0.15, 0.2) is 0 Å². The molecule has 1 heterocycles. The van der Waals surface area contributed by atoms with Gasteiger partial charge >= 0.3 is 0 Å². The van der Waals surface area contributed by atoms with Gasteiger partial charge in [-0.25, -0.2) is 0 Å². The van der Waals surface area contributed by atoms with E-state index in [1.165, 1.54) is 6.08 Å². The SMILES string of the molecule is Cc1ccc(/C=C/C(=O)NCC2(O)CCOC2C)cc1Cl. The molecule has 114 valence electrons. The second-order valence-electron chi connectivity index (χ2n) is 5.43. The zero-order valence-corrected chi connectivity index (χ0v) is 13.0. The molecular formula is C16H20ClNO3. The average molecular weight is 310 g/mol. The number of aryl methyl sites for hydroxylation is 1. The Morgan fingerprint density at radius 3 is 3.00 bits per heavy atom. The lowest BCUT2D eigenvalue weighted by Crippen LogP contribution is -2.47. The zero-order valence-electron chi connectivity index (χ0n) is 12.2.